The lowest BCUT2D eigenvalue weighted by molar-refractivity contribution is -0.129. The third-order valence-corrected chi connectivity index (χ3v) is 6.22. The molecule has 2 aliphatic rings. The number of hydrogen-bond donors (Lipinski definition) is 2. The first-order chi connectivity index (χ1) is 14.6. The Hall–Kier alpha value is -2.28. The van der Waals surface area contributed by atoms with E-state index in [0.29, 0.717) is 13.0 Å². The van der Waals surface area contributed by atoms with Gasteiger partial charge in [-0.15, -0.1) is 0 Å². The third-order valence-electron chi connectivity index (χ3n) is 6.22. The normalized spacial score (nSPS) is 21.4. The van der Waals surface area contributed by atoms with Gasteiger partial charge in [-0.2, -0.15) is 0 Å². The van der Waals surface area contributed by atoms with Crippen molar-refractivity contribution in [2.75, 3.05) is 46.5 Å². The van der Waals surface area contributed by atoms with Gasteiger partial charge in [-0.05, 0) is 43.9 Å². The summed E-state index contributed by atoms with van der Waals surface area (Å²) in [6.45, 7) is 8.56. The van der Waals surface area contributed by atoms with Crippen LogP contribution in [0.2, 0.25) is 0 Å². The highest BCUT2D eigenvalue weighted by molar-refractivity contribution is 5.80. The number of nitrogens with one attached hydrogen (secondary N) is 2. The number of ether oxygens (including phenoxy) is 2. The van der Waals surface area contributed by atoms with Crippen molar-refractivity contribution in [3.63, 3.8) is 0 Å². The zero-order chi connectivity index (χ0) is 21.4. The van der Waals surface area contributed by atoms with Gasteiger partial charge in [0.05, 0.1) is 13.7 Å². The van der Waals surface area contributed by atoms with Crippen LogP contribution in [0.1, 0.15) is 45.1 Å². The molecule has 2 aliphatic heterocycles. The minimum atomic E-state index is -0.0350. The SMILES string of the molecule is CCNC(=NCC1(c2ccc(OC)cc2)CCOCC1)NC1CCN(C(=O)CC)C1. The molecule has 30 heavy (non-hydrogen) atoms. The molecule has 0 saturated carbocycles. The molecular formula is C23H36N4O3. The van der Waals surface area contributed by atoms with E-state index in [4.69, 9.17) is 14.5 Å². The minimum absolute atomic E-state index is 0.0350. The highest BCUT2D eigenvalue weighted by Gasteiger charge is 2.35. The number of hydrogen-bond acceptors (Lipinski definition) is 4. The van der Waals surface area contributed by atoms with Gasteiger partial charge >= 0.3 is 0 Å². The largest absolute Gasteiger partial charge is 0.497 e. The summed E-state index contributed by atoms with van der Waals surface area (Å²) in [6, 6.07) is 8.61. The number of carbonyl (C=O) groups is 1. The predicted molar refractivity (Wildman–Crippen MR) is 119 cm³/mol. The molecule has 7 nitrogen and oxygen atoms in total. The van der Waals surface area contributed by atoms with Crippen LogP contribution in [0.25, 0.3) is 0 Å². The fourth-order valence-electron chi connectivity index (χ4n) is 4.32. The first-order valence-electron chi connectivity index (χ1n) is 11.1. The summed E-state index contributed by atoms with van der Waals surface area (Å²) in [5.74, 6) is 1.92. The summed E-state index contributed by atoms with van der Waals surface area (Å²) in [7, 11) is 1.69. The molecule has 1 unspecified atom stereocenters. The van der Waals surface area contributed by atoms with Crippen LogP contribution < -0.4 is 15.4 Å². The van der Waals surface area contributed by atoms with E-state index in [1.54, 1.807) is 7.11 Å². The van der Waals surface area contributed by atoms with Crippen molar-refractivity contribution < 1.29 is 14.3 Å². The first-order valence-corrected chi connectivity index (χ1v) is 11.1. The van der Waals surface area contributed by atoms with E-state index in [0.717, 1.165) is 63.8 Å². The second-order valence-electron chi connectivity index (χ2n) is 8.14. The zero-order valence-electron chi connectivity index (χ0n) is 18.6. The van der Waals surface area contributed by atoms with Crippen molar-refractivity contribution in [1.29, 1.82) is 0 Å². The van der Waals surface area contributed by atoms with Gasteiger partial charge in [-0.3, -0.25) is 9.79 Å². The monoisotopic (exact) mass is 416 g/mol. The number of nitrogens with zero attached hydrogens (tertiary/aromatic N) is 2. The molecule has 1 atom stereocenters. The minimum Gasteiger partial charge on any atom is -0.497 e. The molecule has 0 aromatic heterocycles. The standard InChI is InChI=1S/C23H36N4O3/c1-4-21(28)27-13-10-19(16-27)26-22(24-5-2)25-17-23(11-14-30-15-12-23)18-6-8-20(29-3)9-7-18/h6-9,19H,4-5,10-17H2,1-3H3,(H2,24,25,26). The maximum absolute atomic E-state index is 12.0. The lowest BCUT2D eigenvalue weighted by Crippen LogP contribution is -2.46. The Kier molecular flexibility index (Phi) is 7.96. The van der Waals surface area contributed by atoms with Crippen molar-refractivity contribution in [2.45, 2.75) is 51.0 Å². The summed E-state index contributed by atoms with van der Waals surface area (Å²) in [6.07, 6.45) is 3.41. The van der Waals surface area contributed by atoms with E-state index in [2.05, 4.69) is 29.7 Å². The van der Waals surface area contributed by atoms with Crippen molar-refractivity contribution in [3.05, 3.63) is 29.8 Å². The van der Waals surface area contributed by atoms with Gasteiger partial charge in [0, 0.05) is 50.7 Å². The zero-order valence-corrected chi connectivity index (χ0v) is 18.6. The number of rotatable bonds is 7. The van der Waals surface area contributed by atoms with Crippen molar-refractivity contribution in [1.82, 2.24) is 15.5 Å². The number of benzene rings is 1. The number of guanidine groups is 1. The predicted octanol–water partition coefficient (Wildman–Crippen LogP) is 2.31. The Labute approximate surface area is 180 Å². The van der Waals surface area contributed by atoms with E-state index >= 15 is 0 Å². The Bertz CT molecular complexity index is 714. The molecule has 7 heteroatoms. The Morgan fingerprint density at radius 3 is 2.63 bits per heavy atom. The average molecular weight is 417 g/mol. The number of likely N-dealkylation sites (tertiary alicyclic amines) is 1. The lowest BCUT2D eigenvalue weighted by Gasteiger charge is -2.37. The number of carbonyl (C=O) groups excluding carboxylic acids is 1. The second-order valence-corrected chi connectivity index (χ2v) is 8.14. The molecule has 166 valence electrons. The van der Waals surface area contributed by atoms with Gasteiger partial charge in [0.25, 0.3) is 0 Å². The van der Waals surface area contributed by atoms with Gasteiger partial charge in [0.1, 0.15) is 5.75 Å². The molecule has 2 N–H and O–H groups in total. The smallest absolute Gasteiger partial charge is 0.222 e. The number of amides is 1. The molecule has 1 aromatic rings. The van der Waals surface area contributed by atoms with Crippen LogP contribution in [0.15, 0.2) is 29.3 Å². The topological polar surface area (TPSA) is 75.2 Å². The van der Waals surface area contributed by atoms with E-state index in [1.807, 2.05) is 24.0 Å². The summed E-state index contributed by atoms with van der Waals surface area (Å²) >= 11 is 0. The van der Waals surface area contributed by atoms with E-state index < -0.39 is 0 Å². The second kappa shape index (κ2) is 10.7. The van der Waals surface area contributed by atoms with E-state index in [1.165, 1.54) is 5.56 Å². The summed E-state index contributed by atoms with van der Waals surface area (Å²) in [5, 5.41) is 6.92. The molecule has 2 saturated heterocycles. The molecule has 2 heterocycles. The van der Waals surface area contributed by atoms with Crippen LogP contribution in [0.3, 0.4) is 0 Å². The molecule has 0 radical (unpaired) electrons. The molecule has 0 spiro atoms. The molecular weight excluding hydrogens is 380 g/mol. The van der Waals surface area contributed by atoms with Crippen molar-refractivity contribution >= 4 is 11.9 Å². The summed E-state index contributed by atoms with van der Waals surface area (Å²) < 4.78 is 11.0. The third kappa shape index (κ3) is 5.45. The molecule has 2 fully saturated rings. The fraction of sp³-hybridized carbons (Fsp3) is 0.652. The Balaban J connectivity index is 1.72. The summed E-state index contributed by atoms with van der Waals surface area (Å²) in [4.78, 5) is 18.9. The van der Waals surface area contributed by atoms with Gasteiger partial charge in [-0.1, -0.05) is 19.1 Å². The fourth-order valence-corrected chi connectivity index (χ4v) is 4.32. The van der Waals surface area contributed by atoms with Gasteiger partial charge in [0.15, 0.2) is 5.96 Å². The average Bonchev–Trinajstić information content (AvgIpc) is 3.26. The van der Waals surface area contributed by atoms with Crippen LogP contribution in [0.5, 0.6) is 5.75 Å². The Morgan fingerprint density at radius 1 is 1.27 bits per heavy atom. The molecule has 0 bridgehead atoms. The highest BCUT2D eigenvalue weighted by atomic mass is 16.5. The molecule has 1 amide bonds. The highest BCUT2D eigenvalue weighted by Crippen LogP contribution is 2.36. The Morgan fingerprint density at radius 2 is 2.00 bits per heavy atom. The first kappa shape index (κ1) is 22.4. The van der Waals surface area contributed by atoms with Gasteiger partial charge < -0.3 is 25.0 Å². The van der Waals surface area contributed by atoms with E-state index in [9.17, 15) is 4.79 Å². The van der Waals surface area contributed by atoms with Gasteiger partial charge in [0.2, 0.25) is 5.91 Å². The molecule has 0 aliphatic carbocycles. The number of methoxy groups -OCH3 is 1. The maximum atomic E-state index is 12.0. The van der Waals surface area contributed by atoms with Crippen LogP contribution in [-0.4, -0.2) is 69.3 Å². The summed E-state index contributed by atoms with van der Waals surface area (Å²) in [5.41, 5.74) is 1.25. The van der Waals surface area contributed by atoms with Gasteiger partial charge in [-0.25, -0.2) is 0 Å². The van der Waals surface area contributed by atoms with Crippen molar-refractivity contribution in [3.8, 4) is 5.75 Å². The van der Waals surface area contributed by atoms with E-state index in [-0.39, 0.29) is 17.4 Å². The van der Waals surface area contributed by atoms with Crippen LogP contribution in [0.4, 0.5) is 0 Å². The molecule has 1 aromatic carbocycles. The van der Waals surface area contributed by atoms with Crippen LogP contribution >= 0.6 is 0 Å². The molecule has 3 rings (SSSR count). The quantitative estimate of drug-likeness (QED) is 0.527. The van der Waals surface area contributed by atoms with Crippen LogP contribution in [0, 0.1) is 0 Å². The van der Waals surface area contributed by atoms with Crippen molar-refractivity contribution in [2.24, 2.45) is 4.99 Å². The van der Waals surface area contributed by atoms with Crippen LogP contribution in [-0.2, 0) is 14.9 Å². The maximum Gasteiger partial charge on any atom is 0.222 e. The number of aliphatic imine (C=N–C) groups is 1. The lowest BCUT2D eigenvalue weighted by atomic mass is 9.74.